The van der Waals surface area contributed by atoms with Gasteiger partial charge in [0.2, 0.25) is 0 Å². The van der Waals surface area contributed by atoms with Crippen molar-refractivity contribution in [3.8, 4) is 5.75 Å². The van der Waals surface area contributed by atoms with Crippen molar-refractivity contribution in [2.24, 2.45) is 0 Å². The summed E-state index contributed by atoms with van der Waals surface area (Å²) < 4.78 is 0. The highest BCUT2D eigenvalue weighted by Crippen LogP contribution is 2.48. The van der Waals surface area contributed by atoms with E-state index in [1.165, 1.54) is 22.0 Å². The lowest BCUT2D eigenvalue weighted by Crippen LogP contribution is -2.24. The standard InChI is InChI=1S/C27H34NOP/c1-6-27(3,30-26-20(2)12-10-16-23(26)19-28(4)5)24-17-11-15-22(25(24)29)18-21-13-8-7-9-14-21/h7-17,29-30H,6,18-19H2,1-5H3. The first-order valence-corrected chi connectivity index (χ1v) is 11.7. The maximum absolute atomic E-state index is 11.3. The molecule has 3 heteroatoms. The van der Waals surface area contributed by atoms with Gasteiger partial charge in [-0.3, -0.25) is 0 Å². The Morgan fingerprint density at radius 1 is 0.900 bits per heavy atom. The Bertz CT molecular complexity index is 983. The van der Waals surface area contributed by atoms with Crippen LogP contribution in [-0.4, -0.2) is 24.1 Å². The Morgan fingerprint density at radius 2 is 1.57 bits per heavy atom. The molecule has 3 rings (SSSR count). The molecule has 0 amide bonds. The Labute approximate surface area is 183 Å². The quantitative estimate of drug-likeness (QED) is 0.454. The Kier molecular flexibility index (Phi) is 7.34. The molecule has 0 bridgehead atoms. The third kappa shape index (κ3) is 5.12. The van der Waals surface area contributed by atoms with Crippen LogP contribution in [0.1, 0.15) is 48.1 Å². The van der Waals surface area contributed by atoms with Gasteiger partial charge in [0.1, 0.15) is 5.75 Å². The van der Waals surface area contributed by atoms with Gasteiger partial charge in [-0.25, -0.2) is 0 Å². The summed E-state index contributed by atoms with van der Waals surface area (Å²) >= 11 is 0. The summed E-state index contributed by atoms with van der Waals surface area (Å²) in [6.45, 7) is 7.69. The predicted molar refractivity (Wildman–Crippen MR) is 132 cm³/mol. The molecule has 3 aromatic rings. The Hall–Kier alpha value is -2.15. The van der Waals surface area contributed by atoms with Gasteiger partial charge in [-0.05, 0) is 55.0 Å². The zero-order valence-corrected chi connectivity index (χ0v) is 19.9. The van der Waals surface area contributed by atoms with Crippen molar-refractivity contribution < 1.29 is 5.11 Å². The predicted octanol–water partition coefficient (Wildman–Crippen LogP) is 5.98. The van der Waals surface area contributed by atoms with Crippen molar-refractivity contribution in [1.29, 1.82) is 0 Å². The summed E-state index contributed by atoms with van der Waals surface area (Å²) in [4.78, 5) is 2.23. The minimum absolute atomic E-state index is 0.107. The summed E-state index contributed by atoms with van der Waals surface area (Å²) in [7, 11) is 4.83. The Balaban J connectivity index is 1.99. The lowest BCUT2D eigenvalue weighted by molar-refractivity contribution is 0.403. The first kappa shape index (κ1) is 22.5. The van der Waals surface area contributed by atoms with Crippen molar-refractivity contribution >= 4 is 13.9 Å². The van der Waals surface area contributed by atoms with E-state index >= 15 is 0 Å². The fourth-order valence-corrected chi connectivity index (χ4v) is 5.67. The number of para-hydroxylation sites is 1. The van der Waals surface area contributed by atoms with Crippen LogP contribution in [0.2, 0.25) is 0 Å². The number of rotatable bonds is 8. The molecule has 0 aliphatic carbocycles. The van der Waals surface area contributed by atoms with E-state index in [2.05, 4.69) is 100 Å². The molecule has 0 spiro atoms. The second kappa shape index (κ2) is 9.77. The zero-order valence-electron chi connectivity index (χ0n) is 18.9. The van der Waals surface area contributed by atoms with Gasteiger partial charge in [0, 0.05) is 23.7 Å². The molecule has 3 aromatic carbocycles. The third-order valence-electron chi connectivity index (χ3n) is 5.91. The number of nitrogens with zero attached hydrogens (tertiary/aromatic N) is 1. The van der Waals surface area contributed by atoms with E-state index in [0.29, 0.717) is 14.3 Å². The monoisotopic (exact) mass is 419 g/mol. The van der Waals surface area contributed by atoms with Gasteiger partial charge in [-0.2, -0.15) is 0 Å². The van der Waals surface area contributed by atoms with Crippen molar-refractivity contribution in [2.75, 3.05) is 14.1 Å². The van der Waals surface area contributed by atoms with E-state index in [-0.39, 0.29) is 5.16 Å². The molecule has 0 aromatic heterocycles. The number of hydrogen-bond donors (Lipinski definition) is 1. The van der Waals surface area contributed by atoms with Crippen LogP contribution in [0, 0.1) is 6.92 Å². The topological polar surface area (TPSA) is 23.5 Å². The highest BCUT2D eigenvalue weighted by molar-refractivity contribution is 7.48. The molecule has 0 saturated heterocycles. The summed E-state index contributed by atoms with van der Waals surface area (Å²) in [6, 6.07) is 23.3. The number of phenols is 1. The zero-order chi connectivity index (χ0) is 21.7. The number of hydrogen-bond acceptors (Lipinski definition) is 2. The molecule has 0 saturated carbocycles. The van der Waals surface area contributed by atoms with Gasteiger partial charge in [0.25, 0.3) is 0 Å². The molecule has 2 atom stereocenters. The highest BCUT2D eigenvalue weighted by atomic mass is 31.1. The van der Waals surface area contributed by atoms with E-state index in [1.807, 2.05) is 6.07 Å². The third-order valence-corrected chi connectivity index (χ3v) is 8.05. The van der Waals surface area contributed by atoms with Crippen molar-refractivity contribution in [1.82, 2.24) is 4.90 Å². The second-order valence-electron chi connectivity index (χ2n) is 8.63. The number of aromatic hydroxyl groups is 1. The molecular formula is C27H34NOP. The second-order valence-corrected chi connectivity index (χ2v) is 10.5. The van der Waals surface area contributed by atoms with E-state index in [1.54, 1.807) is 0 Å². The van der Waals surface area contributed by atoms with Gasteiger partial charge < -0.3 is 10.0 Å². The van der Waals surface area contributed by atoms with Crippen LogP contribution in [0.3, 0.4) is 0 Å². The van der Waals surface area contributed by atoms with E-state index in [0.717, 1.165) is 30.5 Å². The lowest BCUT2D eigenvalue weighted by atomic mass is 9.92. The fraction of sp³-hybridized carbons (Fsp3) is 0.333. The number of phenolic OH excluding ortho intramolecular Hbond substituents is 1. The van der Waals surface area contributed by atoms with Crippen LogP contribution in [0.25, 0.3) is 0 Å². The molecule has 0 fully saturated rings. The SMILES string of the molecule is CCC(C)(Pc1c(C)cccc1CN(C)C)c1cccc(Cc2ccccc2)c1O. The molecule has 2 nitrogen and oxygen atoms in total. The highest BCUT2D eigenvalue weighted by Gasteiger charge is 2.30. The average molecular weight is 420 g/mol. The number of benzene rings is 3. The molecule has 30 heavy (non-hydrogen) atoms. The van der Waals surface area contributed by atoms with Gasteiger partial charge in [0.05, 0.1) is 0 Å². The van der Waals surface area contributed by atoms with E-state index in [4.69, 9.17) is 0 Å². The van der Waals surface area contributed by atoms with Crippen LogP contribution >= 0.6 is 8.58 Å². The van der Waals surface area contributed by atoms with Crippen LogP contribution in [0.5, 0.6) is 5.75 Å². The molecule has 0 heterocycles. The van der Waals surface area contributed by atoms with E-state index in [9.17, 15) is 5.11 Å². The molecule has 158 valence electrons. The molecule has 0 aliphatic rings. The molecular weight excluding hydrogens is 385 g/mol. The van der Waals surface area contributed by atoms with Crippen LogP contribution < -0.4 is 5.30 Å². The van der Waals surface area contributed by atoms with Crippen LogP contribution in [0.15, 0.2) is 66.7 Å². The minimum atomic E-state index is -0.107. The van der Waals surface area contributed by atoms with Crippen molar-refractivity contribution in [3.05, 3.63) is 94.5 Å². The maximum atomic E-state index is 11.3. The van der Waals surface area contributed by atoms with Gasteiger partial charge in [-0.1, -0.05) is 89.2 Å². The first-order chi connectivity index (χ1) is 14.3. The van der Waals surface area contributed by atoms with E-state index < -0.39 is 0 Å². The fourth-order valence-electron chi connectivity index (χ4n) is 4.00. The molecule has 0 radical (unpaired) electrons. The maximum Gasteiger partial charge on any atom is 0.123 e. The van der Waals surface area contributed by atoms with Crippen LogP contribution in [-0.2, 0) is 18.1 Å². The van der Waals surface area contributed by atoms with Gasteiger partial charge in [0.15, 0.2) is 0 Å². The van der Waals surface area contributed by atoms with Crippen molar-refractivity contribution in [3.63, 3.8) is 0 Å². The van der Waals surface area contributed by atoms with Gasteiger partial charge in [-0.15, -0.1) is 0 Å². The molecule has 0 aliphatic heterocycles. The summed E-state index contributed by atoms with van der Waals surface area (Å²) in [5.41, 5.74) is 6.01. The smallest absolute Gasteiger partial charge is 0.123 e. The summed E-state index contributed by atoms with van der Waals surface area (Å²) in [5, 5.41) is 12.6. The van der Waals surface area contributed by atoms with Gasteiger partial charge >= 0.3 is 0 Å². The molecule has 1 N–H and O–H groups in total. The normalized spacial score (nSPS) is 13.8. The van der Waals surface area contributed by atoms with Crippen LogP contribution in [0.4, 0.5) is 0 Å². The average Bonchev–Trinajstić information content (AvgIpc) is 2.72. The minimum Gasteiger partial charge on any atom is -0.507 e. The summed E-state index contributed by atoms with van der Waals surface area (Å²) in [6.07, 6.45) is 1.73. The Morgan fingerprint density at radius 3 is 2.23 bits per heavy atom. The molecule has 2 unspecified atom stereocenters. The van der Waals surface area contributed by atoms with Crippen molar-refractivity contribution in [2.45, 2.75) is 45.3 Å². The lowest BCUT2D eigenvalue weighted by Gasteiger charge is -2.32. The largest absolute Gasteiger partial charge is 0.507 e. The first-order valence-electron chi connectivity index (χ1n) is 10.7. The number of aryl methyl sites for hydroxylation is 1. The summed E-state index contributed by atoms with van der Waals surface area (Å²) in [5.74, 6) is 0.459.